The van der Waals surface area contributed by atoms with Crippen LogP contribution >= 0.6 is 12.4 Å². The number of ether oxygens (including phenoxy) is 1. The summed E-state index contributed by atoms with van der Waals surface area (Å²) >= 11 is 0. The number of hydrogen-bond donors (Lipinski definition) is 1. The lowest BCUT2D eigenvalue weighted by Crippen LogP contribution is -2.45. The van der Waals surface area contributed by atoms with Crippen molar-refractivity contribution in [1.29, 1.82) is 0 Å². The lowest BCUT2D eigenvalue weighted by Gasteiger charge is -2.32. The van der Waals surface area contributed by atoms with Crippen molar-refractivity contribution >= 4 is 18.3 Å². The van der Waals surface area contributed by atoms with E-state index in [1.165, 1.54) is 5.56 Å². The minimum Gasteiger partial charge on any atom is -0.483 e. The average molecular weight is 388 g/mol. The van der Waals surface area contributed by atoms with Gasteiger partial charge in [-0.1, -0.05) is 17.7 Å². The maximum absolute atomic E-state index is 11.9. The molecule has 2 rings (SSSR count). The zero-order valence-electron chi connectivity index (χ0n) is 16.4. The molecule has 7 heteroatoms. The van der Waals surface area contributed by atoms with Crippen LogP contribution in [0.4, 0.5) is 0 Å². The monoisotopic (exact) mass is 387 g/mol. The molecule has 0 aromatic heterocycles. The molecule has 0 unspecified atom stereocenters. The molecule has 1 aliphatic heterocycles. The third kappa shape index (κ3) is 7.91. The Morgan fingerprint density at radius 2 is 1.69 bits per heavy atom. The summed E-state index contributed by atoms with van der Waals surface area (Å²) in [5.41, 5.74) is 3.37. The first-order valence-corrected chi connectivity index (χ1v) is 8.84. The maximum Gasteiger partial charge on any atom is 0.257 e. The molecular weight excluding hydrogens is 354 g/mol. The van der Waals surface area contributed by atoms with Crippen LogP contribution in [0.25, 0.3) is 0 Å². The normalized spacial score (nSPS) is 14.9. The summed E-state index contributed by atoms with van der Waals surface area (Å²) in [5.74, 6) is 0.779. The van der Waals surface area contributed by atoms with E-state index in [1.54, 1.807) is 0 Å². The Bertz CT molecular complexity index is 538. The van der Waals surface area contributed by atoms with E-state index in [4.69, 9.17) is 4.74 Å². The first-order chi connectivity index (χ1) is 11.5. The van der Waals surface area contributed by atoms with E-state index in [9.17, 15) is 4.79 Å². The van der Waals surface area contributed by atoms with Gasteiger partial charge in [0.1, 0.15) is 5.75 Å². The summed E-state index contributed by atoms with van der Waals surface area (Å²) in [7, 11) is 2.16. The van der Waals surface area contributed by atoms with Crippen LogP contribution in [-0.2, 0) is 4.79 Å². The fourth-order valence-corrected chi connectivity index (χ4v) is 3.19. The topological polar surface area (TPSA) is 76.3 Å². The molecule has 0 bridgehead atoms. The van der Waals surface area contributed by atoms with Gasteiger partial charge >= 0.3 is 0 Å². The smallest absolute Gasteiger partial charge is 0.257 e. The van der Waals surface area contributed by atoms with Crippen molar-refractivity contribution in [2.75, 3.05) is 52.9 Å². The second-order valence-corrected chi connectivity index (χ2v) is 6.86. The number of hydrogen-bond acceptors (Lipinski definition) is 4. The van der Waals surface area contributed by atoms with Gasteiger partial charge in [0.2, 0.25) is 0 Å². The minimum absolute atomic E-state index is 0. The standard InChI is InChI=1S/C19H31N3O2.ClH.H2O/c1-15-12-16(2)19(17(3)13-15)24-14-18(23)20-6-5-7-22-10-8-21(4)9-11-22;;/h12-13H,5-11,14H2,1-4H3,(H,20,23);1H;1H2. The first-order valence-electron chi connectivity index (χ1n) is 8.84. The third-order valence-corrected chi connectivity index (χ3v) is 4.52. The van der Waals surface area contributed by atoms with Crippen LogP contribution in [0.3, 0.4) is 0 Å². The van der Waals surface area contributed by atoms with Crippen molar-refractivity contribution in [1.82, 2.24) is 15.1 Å². The van der Waals surface area contributed by atoms with Gasteiger partial charge in [-0.3, -0.25) is 4.79 Å². The lowest BCUT2D eigenvalue weighted by molar-refractivity contribution is -0.123. The summed E-state index contributed by atoms with van der Waals surface area (Å²) in [5, 5.41) is 2.95. The van der Waals surface area contributed by atoms with Crippen molar-refractivity contribution in [3.63, 3.8) is 0 Å². The highest BCUT2D eigenvalue weighted by Gasteiger charge is 2.13. The predicted octanol–water partition coefficient (Wildman–Crippen LogP) is 1.34. The average Bonchev–Trinajstić information content (AvgIpc) is 2.52. The molecular formula is C19H34ClN3O3. The van der Waals surface area contributed by atoms with Gasteiger partial charge in [-0.25, -0.2) is 0 Å². The molecule has 6 nitrogen and oxygen atoms in total. The Kier molecular flexibility index (Phi) is 11.5. The second kappa shape index (κ2) is 12.1. The number of nitrogens with one attached hydrogen (secondary N) is 1. The lowest BCUT2D eigenvalue weighted by atomic mass is 10.1. The molecule has 1 saturated heterocycles. The van der Waals surface area contributed by atoms with Crippen molar-refractivity contribution in [2.45, 2.75) is 27.2 Å². The number of amides is 1. The van der Waals surface area contributed by atoms with Gasteiger partial charge in [-0.05, 0) is 51.9 Å². The molecule has 0 atom stereocenters. The number of carbonyl (C=O) groups excluding carboxylic acids is 1. The predicted molar refractivity (Wildman–Crippen MR) is 109 cm³/mol. The molecule has 3 N–H and O–H groups in total. The Labute approximate surface area is 163 Å². The molecule has 1 aromatic rings. The highest BCUT2D eigenvalue weighted by atomic mass is 35.5. The van der Waals surface area contributed by atoms with Crippen LogP contribution in [0.15, 0.2) is 12.1 Å². The number of halogens is 1. The number of carbonyl (C=O) groups is 1. The van der Waals surface area contributed by atoms with Crippen LogP contribution in [-0.4, -0.2) is 74.1 Å². The number of piperazine rings is 1. The number of likely N-dealkylation sites (N-methyl/N-ethyl adjacent to an activating group) is 1. The van der Waals surface area contributed by atoms with Crippen molar-refractivity contribution in [3.05, 3.63) is 28.8 Å². The summed E-state index contributed by atoms with van der Waals surface area (Å²) in [6.07, 6.45) is 0.984. The molecule has 0 radical (unpaired) electrons. The highest BCUT2D eigenvalue weighted by Crippen LogP contribution is 2.24. The molecule has 26 heavy (non-hydrogen) atoms. The summed E-state index contributed by atoms with van der Waals surface area (Å²) in [6.45, 7) is 12.5. The van der Waals surface area contributed by atoms with Crippen molar-refractivity contribution in [3.8, 4) is 5.75 Å². The molecule has 1 amide bonds. The quantitative estimate of drug-likeness (QED) is 0.716. The van der Waals surface area contributed by atoms with E-state index in [0.29, 0.717) is 6.54 Å². The van der Waals surface area contributed by atoms with Crippen molar-refractivity contribution in [2.24, 2.45) is 0 Å². The van der Waals surface area contributed by atoms with Crippen molar-refractivity contribution < 1.29 is 15.0 Å². The van der Waals surface area contributed by atoms with E-state index >= 15 is 0 Å². The highest BCUT2D eigenvalue weighted by molar-refractivity contribution is 5.85. The van der Waals surface area contributed by atoms with Gasteiger partial charge in [0, 0.05) is 32.7 Å². The third-order valence-electron chi connectivity index (χ3n) is 4.52. The molecule has 1 aliphatic rings. The summed E-state index contributed by atoms with van der Waals surface area (Å²) in [4.78, 5) is 16.8. The van der Waals surface area contributed by atoms with Gasteiger partial charge in [0.05, 0.1) is 0 Å². The molecule has 1 aromatic carbocycles. The number of benzene rings is 1. The van der Waals surface area contributed by atoms with Gasteiger partial charge in [0.15, 0.2) is 6.61 Å². The maximum atomic E-state index is 11.9. The Balaban J connectivity index is 0.00000312. The Morgan fingerprint density at radius 1 is 1.12 bits per heavy atom. The molecule has 0 spiro atoms. The van der Waals surface area contributed by atoms with Gasteiger partial charge < -0.3 is 25.3 Å². The van der Waals surface area contributed by atoms with Gasteiger partial charge in [-0.2, -0.15) is 0 Å². The van der Waals surface area contributed by atoms with Gasteiger partial charge in [0.25, 0.3) is 5.91 Å². The van der Waals surface area contributed by atoms with E-state index in [0.717, 1.165) is 56.0 Å². The largest absolute Gasteiger partial charge is 0.483 e. The van der Waals surface area contributed by atoms with Crippen LogP contribution in [0, 0.1) is 20.8 Å². The Morgan fingerprint density at radius 3 is 2.27 bits per heavy atom. The number of nitrogens with zero attached hydrogens (tertiary/aromatic N) is 2. The van der Waals surface area contributed by atoms with Crippen LogP contribution in [0.2, 0.25) is 0 Å². The van der Waals surface area contributed by atoms with Crippen LogP contribution in [0.1, 0.15) is 23.1 Å². The number of aryl methyl sites for hydroxylation is 3. The summed E-state index contributed by atoms with van der Waals surface area (Å²) < 4.78 is 5.72. The van der Waals surface area contributed by atoms with Crippen LogP contribution in [0.5, 0.6) is 5.75 Å². The molecule has 150 valence electrons. The molecule has 1 fully saturated rings. The fourth-order valence-electron chi connectivity index (χ4n) is 3.19. The van der Waals surface area contributed by atoms with Gasteiger partial charge in [-0.15, -0.1) is 12.4 Å². The second-order valence-electron chi connectivity index (χ2n) is 6.86. The Hall–Kier alpha value is -1.34. The minimum atomic E-state index is -0.0484. The molecule has 0 aliphatic carbocycles. The van der Waals surface area contributed by atoms with E-state index in [2.05, 4.69) is 41.2 Å². The number of rotatable bonds is 7. The summed E-state index contributed by atoms with van der Waals surface area (Å²) in [6, 6.07) is 4.16. The first kappa shape index (κ1) is 24.7. The SMILES string of the molecule is Cc1cc(C)c(OCC(=O)NCCCN2CCN(C)CC2)c(C)c1.Cl.O. The zero-order valence-corrected chi connectivity index (χ0v) is 17.2. The zero-order chi connectivity index (χ0) is 17.5. The molecule has 0 saturated carbocycles. The fraction of sp³-hybridized carbons (Fsp3) is 0.632. The molecule has 1 heterocycles. The van der Waals surface area contributed by atoms with E-state index < -0.39 is 0 Å². The van der Waals surface area contributed by atoms with E-state index in [1.807, 2.05) is 13.8 Å². The van der Waals surface area contributed by atoms with Crippen LogP contribution < -0.4 is 10.1 Å². The van der Waals surface area contributed by atoms with E-state index in [-0.39, 0.29) is 30.4 Å².